The van der Waals surface area contributed by atoms with Crippen molar-refractivity contribution in [3.8, 4) is 16.8 Å². The minimum Gasteiger partial charge on any atom is -0.361 e. The second kappa shape index (κ2) is 5.74. The molecule has 0 saturated heterocycles. The number of benzene rings is 3. The molecule has 0 saturated carbocycles. The van der Waals surface area contributed by atoms with Crippen molar-refractivity contribution < 1.29 is 0 Å². The monoisotopic (exact) mass is 336 g/mol. The van der Waals surface area contributed by atoms with E-state index in [1.165, 1.54) is 0 Å². The number of H-pyrrole nitrogens is 1. The van der Waals surface area contributed by atoms with Gasteiger partial charge in [0, 0.05) is 40.3 Å². The predicted molar refractivity (Wildman–Crippen MR) is 107 cm³/mol. The molecule has 2 heterocycles. The largest absolute Gasteiger partial charge is 0.361 e. The fourth-order valence-electron chi connectivity index (χ4n) is 3.55. The molecule has 0 amide bonds. The summed E-state index contributed by atoms with van der Waals surface area (Å²) in [5.74, 6) is 0. The Labute approximate surface area is 150 Å². The zero-order valence-electron chi connectivity index (χ0n) is 14.0. The van der Waals surface area contributed by atoms with Gasteiger partial charge in [-0.3, -0.25) is 4.79 Å². The normalized spacial score (nSPS) is 11.2. The quantitative estimate of drug-likeness (QED) is 0.476. The zero-order valence-corrected chi connectivity index (χ0v) is 14.0. The Balaban J connectivity index is 1.90. The third-order valence-electron chi connectivity index (χ3n) is 4.82. The molecule has 0 bridgehead atoms. The van der Waals surface area contributed by atoms with Crippen LogP contribution in [0.3, 0.4) is 0 Å². The van der Waals surface area contributed by atoms with Crippen molar-refractivity contribution in [1.29, 1.82) is 0 Å². The van der Waals surface area contributed by atoms with Gasteiger partial charge in [0.25, 0.3) is 0 Å². The highest BCUT2D eigenvalue weighted by Gasteiger charge is 2.12. The second-order valence-corrected chi connectivity index (χ2v) is 6.37. The molecule has 0 aliphatic carbocycles. The summed E-state index contributed by atoms with van der Waals surface area (Å²) < 4.78 is 2.10. The molecular formula is C23H16N2O. The van der Waals surface area contributed by atoms with E-state index in [9.17, 15) is 4.79 Å². The third kappa shape index (κ3) is 2.25. The van der Waals surface area contributed by atoms with E-state index in [0.29, 0.717) is 0 Å². The highest BCUT2D eigenvalue weighted by Crippen LogP contribution is 2.32. The molecule has 3 heteroatoms. The van der Waals surface area contributed by atoms with Crippen LogP contribution in [0.2, 0.25) is 0 Å². The van der Waals surface area contributed by atoms with Crippen LogP contribution in [0.5, 0.6) is 0 Å². The van der Waals surface area contributed by atoms with E-state index >= 15 is 0 Å². The van der Waals surface area contributed by atoms with Crippen molar-refractivity contribution in [3.63, 3.8) is 0 Å². The fourth-order valence-corrected chi connectivity index (χ4v) is 3.55. The molecular weight excluding hydrogens is 320 g/mol. The highest BCUT2D eigenvalue weighted by atomic mass is 16.1. The summed E-state index contributed by atoms with van der Waals surface area (Å²) >= 11 is 0. The molecule has 5 aromatic rings. The minimum absolute atomic E-state index is 0.0408. The van der Waals surface area contributed by atoms with Crippen LogP contribution in [0.25, 0.3) is 38.6 Å². The Hall–Kier alpha value is -3.59. The number of para-hydroxylation sites is 1. The molecule has 5 rings (SSSR count). The van der Waals surface area contributed by atoms with Crippen LogP contribution in [-0.4, -0.2) is 9.55 Å². The third-order valence-corrected chi connectivity index (χ3v) is 4.82. The lowest BCUT2D eigenvalue weighted by atomic mass is 10.0. The van der Waals surface area contributed by atoms with E-state index < -0.39 is 0 Å². The van der Waals surface area contributed by atoms with Gasteiger partial charge in [0.15, 0.2) is 5.43 Å². The first-order chi connectivity index (χ1) is 12.8. The molecule has 0 fully saturated rings. The Kier molecular flexibility index (Phi) is 3.25. The number of pyridine rings is 1. The van der Waals surface area contributed by atoms with Gasteiger partial charge in [-0.15, -0.1) is 0 Å². The molecule has 0 unspecified atom stereocenters. The Morgan fingerprint density at radius 1 is 0.808 bits per heavy atom. The zero-order chi connectivity index (χ0) is 17.5. The van der Waals surface area contributed by atoms with Crippen molar-refractivity contribution in [3.05, 3.63) is 101 Å². The average Bonchev–Trinajstić information content (AvgIpc) is 3.16. The van der Waals surface area contributed by atoms with Gasteiger partial charge in [-0.1, -0.05) is 42.5 Å². The van der Waals surface area contributed by atoms with E-state index in [1.807, 2.05) is 54.9 Å². The van der Waals surface area contributed by atoms with Crippen molar-refractivity contribution in [2.75, 3.05) is 0 Å². The number of nitrogens with one attached hydrogen (secondary N) is 1. The van der Waals surface area contributed by atoms with E-state index in [0.717, 1.165) is 38.6 Å². The van der Waals surface area contributed by atoms with Crippen LogP contribution in [0.4, 0.5) is 0 Å². The summed E-state index contributed by atoms with van der Waals surface area (Å²) in [6.07, 6.45) is 3.81. The van der Waals surface area contributed by atoms with Crippen molar-refractivity contribution in [2.24, 2.45) is 0 Å². The lowest BCUT2D eigenvalue weighted by molar-refractivity contribution is 1.10. The van der Waals surface area contributed by atoms with Gasteiger partial charge < -0.3 is 9.55 Å². The van der Waals surface area contributed by atoms with Gasteiger partial charge in [0.2, 0.25) is 0 Å². The predicted octanol–water partition coefficient (Wildman–Crippen LogP) is 5.14. The minimum atomic E-state index is 0.0408. The molecule has 0 radical (unpaired) electrons. The molecule has 0 aliphatic heterocycles. The van der Waals surface area contributed by atoms with Gasteiger partial charge in [-0.25, -0.2) is 0 Å². The number of nitrogens with zero attached hydrogens (tertiary/aromatic N) is 1. The van der Waals surface area contributed by atoms with Crippen molar-refractivity contribution >= 4 is 21.8 Å². The van der Waals surface area contributed by atoms with Crippen LogP contribution in [0.15, 0.2) is 96.1 Å². The molecule has 2 aromatic heterocycles. The number of aromatic nitrogens is 2. The van der Waals surface area contributed by atoms with Gasteiger partial charge >= 0.3 is 0 Å². The molecule has 124 valence electrons. The second-order valence-electron chi connectivity index (χ2n) is 6.37. The molecule has 0 atom stereocenters. The Morgan fingerprint density at radius 2 is 1.62 bits per heavy atom. The number of hydrogen-bond donors (Lipinski definition) is 1. The Morgan fingerprint density at radius 3 is 2.50 bits per heavy atom. The van der Waals surface area contributed by atoms with Gasteiger partial charge in [0.05, 0.1) is 11.2 Å². The van der Waals surface area contributed by atoms with E-state index in [-0.39, 0.29) is 5.43 Å². The number of fused-ring (bicyclic) bond motifs is 2. The lowest BCUT2D eigenvalue weighted by Crippen LogP contribution is -2.07. The SMILES string of the molecule is O=c1ccn(-c2cc3[nH]ccc3cc2-c2ccccc2)c2ccccc12. The van der Waals surface area contributed by atoms with Crippen LogP contribution in [0, 0.1) is 0 Å². The van der Waals surface area contributed by atoms with Crippen LogP contribution >= 0.6 is 0 Å². The van der Waals surface area contributed by atoms with Crippen LogP contribution in [0.1, 0.15) is 0 Å². The fraction of sp³-hybridized carbons (Fsp3) is 0. The standard InChI is InChI=1S/C23H16N2O/c26-23-11-13-25(21-9-5-4-8-18(21)23)22-15-20-17(10-12-24-20)14-19(22)16-6-2-1-3-7-16/h1-15,24H. The summed E-state index contributed by atoms with van der Waals surface area (Å²) in [5.41, 5.74) is 5.34. The number of aromatic amines is 1. The smallest absolute Gasteiger partial charge is 0.189 e. The molecule has 1 N–H and O–H groups in total. The van der Waals surface area contributed by atoms with Crippen LogP contribution < -0.4 is 5.43 Å². The molecule has 3 aromatic carbocycles. The number of rotatable bonds is 2. The first kappa shape index (κ1) is 14.7. The Bertz CT molecular complexity index is 1300. The van der Waals surface area contributed by atoms with E-state index in [1.54, 1.807) is 6.07 Å². The van der Waals surface area contributed by atoms with Gasteiger partial charge in [-0.2, -0.15) is 0 Å². The first-order valence-electron chi connectivity index (χ1n) is 8.58. The lowest BCUT2D eigenvalue weighted by Gasteiger charge is -2.16. The first-order valence-corrected chi connectivity index (χ1v) is 8.58. The van der Waals surface area contributed by atoms with Crippen LogP contribution in [-0.2, 0) is 0 Å². The summed E-state index contributed by atoms with van der Waals surface area (Å²) in [4.78, 5) is 15.6. The van der Waals surface area contributed by atoms with Crippen molar-refractivity contribution in [2.45, 2.75) is 0 Å². The van der Waals surface area contributed by atoms with E-state index in [4.69, 9.17) is 0 Å². The number of hydrogen-bond acceptors (Lipinski definition) is 1. The highest BCUT2D eigenvalue weighted by molar-refractivity contribution is 5.92. The van der Waals surface area contributed by atoms with E-state index in [2.05, 4.69) is 39.9 Å². The maximum Gasteiger partial charge on any atom is 0.189 e. The molecule has 3 nitrogen and oxygen atoms in total. The summed E-state index contributed by atoms with van der Waals surface area (Å²) in [6.45, 7) is 0. The molecule has 26 heavy (non-hydrogen) atoms. The average molecular weight is 336 g/mol. The topological polar surface area (TPSA) is 37.8 Å². The summed E-state index contributed by atoms with van der Waals surface area (Å²) in [5, 5.41) is 1.89. The van der Waals surface area contributed by atoms with Crippen molar-refractivity contribution in [1.82, 2.24) is 9.55 Å². The van der Waals surface area contributed by atoms with Gasteiger partial charge in [-0.05, 0) is 35.9 Å². The summed E-state index contributed by atoms with van der Waals surface area (Å²) in [6, 6.07) is 26.1. The maximum absolute atomic E-state index is 12.3. The van der Waals surface area contributed by atoms with Gasteiger partial charge in [0.1, 0.15) is 0 Å². The summed E-state index contributed by atoms with van der Waals surface area (Å²) in [7, 11) is 0. The molecule has 0 aliphatic rings. The molecule has 0 spiro atoms. The maximum atomic E-state index is 12.3.